The van der Waals surface area contributed by atoms with Crippen molar-refractivity contribution in [2.45, 2.75) is 60.0 Å². The van der Waals surface area contributed by atoms with Crippen molar-refractivity contribution in [3.8, 4) is 0 Å². The minimum absolute atomic E-state index is 0.0380. The molecule has 0 aliphatic carbocycles. The van der Waals surface area contributed by atoms with Gasteiger partial charge in [0.05, 0.1) is 6.42 Å². The maximum Gasteiger partial charge on any atom is 0.242 e. The van der Waals surface area contributed by atoms with E-state index in [4.69, 9.17) is 0 Å². The second-order valence-corrected chi connectivity index (χ2v) is 7.57. The highest BCUT2D eigenvalue weighted by atomic mass is 16.2. The van der Waals surface area contributed by atoms with Crippen molar-refractivity contribution in [2.24, 2.45) is 0 Å². The Morgan fingerprint density at radius 1 is 1.00 bits per heavy atom. The van der Waals surface area contributed by atoms with Crippen molar-refractivity contribution in [3.05, 3.63) is 70.3 Å². The average molecular weight is 381 g/mol. The van der Waals surface area contributed by atoms with E-state index in [0.717, 1.165) is 23.1 Å². The van der Waals surface area contributed by atoms with Crippen molar-refractivity contribution >= 4 is 11.8 Å². The highest BCUT2D eigenvalue weighted by Crippen LogP contribution is 2.15. The van der Waals surface area contributed by atoms with Crippen molar-refractivity contribution in [1.82, 2.24) is 10.2 Å². The number of carbonyl (C=O) groups excluding carboxylic acids is 2. The maximum absolute atomic E-state index is 13.2. The quantitative estimate of drug-likeness (QED) is 0.750. The normalized spacial score (nSPS) is 11.8. The third-order valence-corrected chi connectivity index (χ3v) is 5.08. The van der Waals surface area contributed by atoms with Gasteiger partial charge < -0.3 is 10.2 Å². The molecule has 0 aromatic heterocycles. The summed E-state index contributed by atoms with van der Waals surface area (Å²) in [6.45, 7) is 11.0. The molecule has 4 nitrogen and oxygen atoms in total. The number of amides is 2. The van der Waals surface area contributed by atoms with Crippen LogP contribution in [-0.2, 0) is 22.6 Å². The van der Waals surface area contributed by atoms with E-state index in [1.807, 2.05) is 44.2 Å². The molecular weight excluding hydrogens is 348 g/mol. The molecule has 0 aliphatic heterocycles. The summed E-state index contributed by atoms with van der Waals surface area (Å²) >= 11 is 0. The molecule has 28 heavy (non-hydrogen) atoms. The molecule has 2 aromatic carbocycles. The van der Waals surface area contributed by atoms with Crippen LogP contribution in [0.5, 0.6) is 0 Å². The SMILES string of the molecule is CCCNC(=O)[C@@H](C)N(Cc1cccc(C)c1)C(=O)Cc1ccc(C)c(C)c1. The number of carbonyl (C=O) groups is 2. The molecule has 1 N–H and O–H groups in total. The summed E-state index contributed by atoms with van der Waals surface area (Å²) in [7, 11) is 0. The Bertz CT molecular complexity index is 829. The predicted molar refractivity (Wildman–Crippen MR) is 114 cm³/mol. The fourth-order valence-electron chi connectivity index (χ4n) is 3.18. The van der Waals surface area contributed by atoms with Gasteiger partial charge in [-0.2, -0.15) is 0 Å². The van der Waals surface area contributed by atoms with Gasteiger partial charge in [-0.3, -0.25) is 9.59 Å². The Balaban J connectivity index is 2.23. The number of hydrogen-bond acceptors (Lipinski definition) is 2. The minimum Gasteiger partial charge on any atom is -0.354 e. The summed E-state index contributed by atoms with van der Waals surface area (Å²) in [6, 6.07) is 13.6. The van der Waals surface area contributed by atoms with Crippen LogP contribution in [0.15, 0.2) is 42.5 Å². The van der Waals surface area contributed by atoms with Crippen LogP contribution in [0.2, 0.25) is 0 Å². The molecule has 2 aromatic rings. The topological polar surface area (TPSA) is 49.4 Å². The molecule has 150 valence electrons. The Morgan fingerprint density at radius 2 is 1.75 bits per heavy atom. The van der Waals surface area contributed by atoms with Crippen molar-refractivity contribution < 1.29 is 9.59 Å². The van der Waals surface area contributed by atoms with Crippen LogP contribution in [0.3, 0.4) is 0 Å². The predicted octanol–water partition coefficient (Wildman–Crippen LogP) is 4.10. The molecule has 0 aliphatic rings. The van der Waals surface area contributed by atoms with Gasteiger partial charge in [-0.1, -0.05) is 55.0 Å². The number of nitrogens with one attached hydrogen (secondary N) is 1. The Kier molecular flexibility index (Phi) is 7.80. The minimum atomic E-state index is -0.522. The fourth-order valence-corrected chi connectivity index (χ4v) is 3.18. The molecular formula is C24H32N2O2. The van der Waals surface area contributed by atoms with E-state index in [9.17, 15) is 9.59 Å². The molecule has 0 bridgehead atoms. The second-order valence-electron chi connectivity index (χ2n) is 7.57. The summed E-state index contributed by atoms with van der Waals surface area (Å²) in [4.78, 5) is 27.4. The molecule has 4 heteroatoms. The van der Waals surface area contributed by atoms with Gasteiger partial charge in [0.2, 0.25) is 11.8 Å². The number of aryl methyl sites for hydroxylation is 3. The Labute approximate surface area is 169 Å². The lowest BCUT2D eigenvalue weighted by atomic mass is 10.0. The zero-order valence-electron chi connectivity index (χ0n) is 17.7. The number of benzene rings is 2. The van der Waals surface area contributed by atoms with E-state index >= 15 is 0 Å². The highest BCUT2D eigenvalue weighted by molar-refractivity contribution is 5.88. The van der Waals surface area contributed by atoms with Gasteiger partial charge in [0, 0.05) is 13.1 Å². The number of rotatable bonds is 8. The van der Waals surface area contributed by atoms with Gasteiger partial charge in [-0.25, -0.2) is 0 Å². The Morgan fingerprint density at radius 3 is 2.39 bits per heavy atom. The smallest absolute Gasteiger partial charge is 0.242 e. The van der Waals surface area contributed by atoms with Crippen molar-refractivity contribution in [2.75, 3.05) is 6.54 Å². The molecule has 2 amide bonds. The van der Waals surface area contributed by atoms with Gasteiger partial charge in [0.25, 0.3) is 0 Å². The van der Waals surface area contributed by atoms with Crippen LogP contribution in [0.25, 0.3) is 0 Å². The van der Waals surface area contributed by atoms with Gasteiger partial charge in [0.1, 0.15) is 6.04 Å². The second kappa shape index (κ2) is 10.1. The van der Waals surface area contributed by atoms with E-state index in [-0.39, 0.29) is 11.8 Å². The van der Waals surface area contributed by atoms with Crippen LogP contribution < -0.4 is 5.32 Å². The first-order chi connectivity index (χ1) is 13.3. The summed E-state index contributed by atoms with van der Waals surface area (Å²) in [5, 5.41) is 2.91. The van der Waals surface area contributed by atoms with Gasteiger partial charge in [0.15, 0.2) is 0 Å². The lowest BCUT2D eigenvalue weighted by Crippen LogP contribution is -2.48. The third kappa shape index (κ3) is 5.95. The Hall–Kier alpha value is -2.62. The van der Waals surface area contributed by atoms with Crippen LogP contribution in [0, 0.1) is 20.8 Å². The van der Waals surface area contributed by atoms with E-state index < -0.39 is 6.04 Å². The summed E-state index contributed by atoms with van der Waals surface area (Å²) < 4.78 is 0. The molecule has 0 radical (unpaired) electrons. The summed E-state index contributed by atoms with van der Waals surface area (Å²) in [6.07, 6.45) is 1.16. The van der Waals surface area contributed by atoms with E-state index in [0.29, 0.717) is 19.5 Å². The molecule has 0 spiro atoms. The maximum atomic E-state index is 13.2. The lowest BCUT2D eigenvalue weighted by Gasteiger charge is -2.29. The van der Waals surface area contributed by atoms with Gasteiger partial charge in [-0.15, -0.1) is 0 Å². The van der Waals surface area contributed by atoms with E-state index in [1.54, 1.807) is 11.8 Å². The third-order valence-electron chi connectivity index (χ3n) is 5.08. The molecule has 0 saturated carbocycles. The zero-order chi connectivity index (χ0) is 20.7. The molecule has 0 saturated heterocycles. The van der Waals surface area contributed by atoms with Crippen LogP contribution in [0.1, 0.15) is 48.1 Å². The van der Waals surface area contributed by atoms with E-state index in [2.05, 4.69) is 31.3 Å². The molecule has 2 rings (SSSR count). The van der Waals surface area contributed by atoms with Crippen molar-refractivity contribution in [1.29, 1.82) is 0 Å². The largest absolute Gasteiger partial charge is 0.354 e. The first kappa shape index (κ1) is 21.7. The molecule has 0 heterocycles. The first-order valence-corrected chi connectivity index (χ1v) is 10.0. The highest BCUT2D eigenvalue weighted by Gasteiger charge is 2.26. The lowest BCUT2D eigenvalue weighted by molar-refractivity contribution is -0.140. The average Bonchev–Trinajstić information content (AvgIpc) is 2.66. The standard InChI is InChI=1S/C24H32N2O2/c1-6-12-25-24(28)20(5)26(16-22-9-7-8-17(2)13-22)23(27)15-21-11-10-18(3)19(4)14-21/h7-11,13-14,20H,6,12,15-16H2,1-5H3,(H,25,28)/t20-/m1/s1. The molecule has 1 atom stereocenters. The summed E-state index contributed by atoms with van der Waals surface area (Å²) in [5.41, 5.74) is 5.53. The first-order valence-electron chi connectivity index (χ1n) is 10.0. The van der Waals surface area contributed by atoms with E-state index in [1.165, 1.54) is 11.1 Å². The molecule has 0 unspecified atom stereocenters. The zero-order valence-corrected chi connectivity index (χ0v) is 17.7. The fraction of sp³-hybridized carbons (Fsp3) is 0.417. The van der Waals surface area contributed by atoms with Crippen LogP contribution in [-0.4, -0.2) is 29.3 Å². The molecule has 0 fully saturated rings. The van der Waals surface area contributed by atoms with Crippen LogP contribution in [0.4, 0.5) is 0 Å². The number of hydrogen-bond donors (Lipinski definition) is 1. The van der Waals surface area contributed by atoms with Gasteiger partial charge >= 0.3 is 0 Å². The van der Waals surface area contributed by atoms with Crippen molar-refractivity contribution in [3.63, 3.8) is 0 Å². The van der Waals surface area contributed by atoms with Gasteiger partial charge in [-0.05, 0) is 56.4 Å². The monoisotopic (exact) mass is 380 g/mol. The number of nitrogens with zero attached hydrogens (tertiary/aromatic N) is 1. The summed E-state index contributed by atoms with van der Waals surface area (Å²) in [5.74, 6) is -0.146. The van der Waals surface area contributed by atoms with Crippen LogP contribution >= 0.6 is 0 Å².